The summed E-state index contributed by atoms with van der Waals surface area (Å²) in [6.07, 6.45) is 0.610. The molecule has 1 aromatic heterocycles. The standard InChI is InChI=1S/C12H19NO4S2/c1-3-16-11(17-4-2)5-6-18-12-13-9(8-19-12)7-10(14)15/h8,11H,3-7H2,1-2H3,(H,14,15). The Morgan fingerprint density at radius 1 is 1.47 bits per heavy atom. The van der Waals surface area contributed by atoms with Crippen molar-refractivity contribution in [3.05, 3.63) is 11.1 Å². The van der Waals surface area contributed by atoms with Gasteiger partial charge in [-0.3, -0.25) is 4.79 Å². The molecule has 0 amide bonds. The highest BCUT2D eigenvalue weighted by atomic mass is 32.2. The fourth-order valence-corrected chi connectivity index (χ4v) is 3.30. The highest BCUT2D eigenvalue weighted by molar-refractivity contribution is 8.01. The second-order valence-corrected chi connectivity index (χ2v) is 5.85. The minimum Gasteiger partial charge on any atom is -0.481 e. The summed E-state index contributed by atoms with van der Waals surface area (Å²) in [6.45, 7) is 5.15. The first-order valence-electron chi connectivity index (χ1n) is 6.17. The molecular formula is C12H19NO4S2. The molecule has 0 bridgehead atoms. The molecule has 5 nitrogen and oxygen atoms in total. The number of carboxylic acid groups (broad SMARTS) is 1. The lowest BCUT2D eigenvalue weighted by atomic mass is 10.3. The molecule has 0 fully saturated rings. The minimum absolute atomic E-state index is 0.0163. The van der Waals surface area contributed by atoms with Crippen LogP contribution in [0.5, 0.6) is 0 Å². The average Bonchev–Trinajstić information content (AvgIpc) is 2.76. The van der Waals surface area contributed by atoms with Crippen molar-refractivity contribution in [2.45, 2.75) is 37.3 Å². The summed E-state index contributed by atoms with van der Waals surface area (Å²) in [5.74, 6) is -0.0142. The van der Waals surface area contributed by atoms with Crippen molar-refractivity contribution in [1.82, 2.24) is 4.98 Å². The van der Waals surface area contributed by atoms with E-state index in [4.69, 9.17) is 14.6 Å². The van der Waals surface area contributed by atoms with E-state index < -0.39 is 5.97 Å². The number of carboxylic acids is 1. The molecule has 0 saturated heterocycles. The highest BCUT2D eigenvalue weighted by Gasteiger charge is 2.10. The van der Waals surface area contributed by atoms with E-state index in [2.05, 4.69) is 4.98 Å². The third-order valence-electron chi connectivity index (χ3n) is 2.15. The largest absolute Gasteiger partial charge is 0.481 e. The van der Waals surface area contributed by atoms with Crippen LogP contribution >= 0.6 is 23.1 Å². The van der Waals surface area contributed by atoms with Crippen molar-refractivity contribution >= 4 is 29.1 Å². The lowest BCUT2D eigenvalue weighted by Crippen LogP contribution is -2.18. The Bertz CT molecular complexity index is 378. The van der Waals surface area contributed by atoms with Gasteiger partial charge in [-0.2, -0.15) is 0 Å². The summed E-state index contributed by atoms with van der Waals surface area (Å²) in [5.41, 5.74) is 0.617. The number of thioether (sulfide) groups is 1. The Balaban J connectivity index is 2.31. The van der Waals surface area contributed by atoms with Gasteiger partial charge in [0.25, 0.3) is 0 Å². The fourth-order valence-electron chi connectivity index (χ4n) is 1.42. The van der Waals surface area contributed by atoms with Gasteiger partial charge in [-0.25, -0.2) is 4.98 Å². The van der Waals surface area contributed by atoms with Crippen LogP contribution in [0.15, 0.2) is 9.72 Å². The summed E-state index contributed by atoms with van der Waals surface area (Å²) in [4.78, 5) is 14.8. The normalized spacial score (nSPS) is 11.1. The quantitative estimate of drug-likeness (QED) is 0.529. The average molecular weight is 305 g/mol. The van der Waals surface area contributed by atoms with Crippen molar-refractivity contribution in [1.29, 1.82) is 0 Å². The van der Waals surface area contributed by atoms with E-state index in [1.54, 1.807) is 17.1 Å². The molecule has 19 heavy (non-hydrogen) atoms. The molecule has 0 aliphatic rings. The summed E-state index contributed by atoms with van der Waals surface area (Å²) >= 11 is 3.08. The zero-order valence-electron chi connectivity index (χ0n) is 11.1. The Kier molecular flexibility index (Phi) is 8.04. The number of carbonyl (C=O) groups is 1. The van der Waals surface area contributed by atoms with Crippen LogP contribution in [0.2, 0.25) is 0 Å². The highest BCUT2D eigenvalue weighted by Crippen LogP contribution is 2.24. The van der Waals surface area contributed by atoms with Gasteiger partial charge in [0.1, 0.15) is 4.34 Å². The summed E-state index contributed by atoms with van der Waals surface area (Å²) < 4.78 is 11.8. The van der Waals surface area contributed by atoms with Gasteiger partial charge in [0.05, 0.1) is 12.1 Å². The van der Waals surface area contributed by atoms with E-state index in [-0.39, 0.29) is 12.7 Å². The van der Waals surface area contributed by atoms with Gasteiger partial charge in [0.2, 0.25) is 0 Å². The second-order valence-electron chi connectivity index (χ2n) is 3.65. The van der Waals surface area contributed by atoms with Crippen molar-refractivity contribution in [2.24, 2.45) is 0 Å². The molecule has 1 heterocycles. The molecule has 1 aromatic rings. The number of ether oxygens (including phenoxy) is 2. The van der Waals surface area contributed by atoms with E-state index in [9.17, 15) is 4.79 Å². The first-order valence-corrected chi connectivity index (χ1v) is 8.04. The zero-order valence-corrected chi connectivity index (χ0v) is 12.8. The molecule has 1 N–H and O–H groups in total. The van der Waals surface area contributed by atoms with E-state index in [1.807, 2.05) is 13.8 Å². The van der Waals surface area contributed by atoms with Gasteiger partial charge in [-0.1, -0.05) is 11.8 Å². The second kappa shape index (κ2) is 9.30. The first-order chi connectivity index (χ1) is 9.15. The van der Waals surface area contributed by atoms with Crippen molar-refractivity contribution < 1.29 is 19.4 Å². The van der Waals surface area contributed by atoms with Crippen LogP contribution in [0.25, 0.3) is 0 Å². The molecule has 0 aromatic carbocycles. The van der Waals surface area contributed by atoms with Gasteiger partial charge in [0.15, 0.2) is 6.29 Å². The minimum atomic E-state index is -0.852. The summed E-state index contributed by atoms with van der Waals surface area (Å²) in [7, 11) is 0. The molecule has 0 atom stereocenters. The van der Waals surface area contributed by atoms with E-state index in [1.165, 1.54) is 11.3 Å². The molecular weight excluding hydrogens is 286 g/mol. The fraction of sp³-hybridized carbons (Fsp3) is 0.667. The summed E-state index contributed by atoms with van der Waals surface area (Å²) in [6, 6.07) is 0. The van der Waals surface area contributed by atoms with E-state index >= 15 is 0 Å². The predicted molar refractivity (Wildman–Crippen MR) is 75.8 cm³/mol. The molecule has 108 valence electrons. The number of aliphatic carboxylic acids is 1. The van der Waals surface area contributed by atoms with Gasteiger partial charge >= 0.3 is 5.97 Å². The number of thiazole rings is 1. The molecule has 1 rings (SSSR count). The predicted octanol–water partition coefficient (Wildman–Crippen LogP) is 2.65. The molecule has 0 aliphatic carbocycles. The molecule has 0 radical (unpaired) electrons. The molecule has 0 unspecified atom stereocenters. The number of nitrogens with zero attached hydrogens (tertiary/aromatic N) is 1. The molecule has 0 saturated carbocycles. The monoisotopic (exact) mass is 305 g/mol. The maximum Gasteiger partial charge on any atom is 0.309 e. The van der Waals surface area contributed by atoms with Gasteiger partial charge < -0.3 is 14.6 Å². The number of aromatic nitrogens is 1. The third kappa shape index (κ3) is 6.91. The smallest absolute Gasteiger partial charge is 0.309 e. The van der Waals surface area contributed by atoms with Crippen molar-refractivity contribution in [3.63, 3.8) is 0 Å². The van der Waals surface area contributed by atoms with Gasteiger partial charge in [0, 0.05) is 30.8 Å². The van der Waals surface area contributed by atoms with Crippen LogP contribution < -0.4 is 0 Å². The number of rotatable bonds is 10. The maximum absolute atomic E-state index is 10.5. The number of hydrogen-bond acceptors (Lipinski definition) is 6. The number of hydrogen-bond donors (Lipinski definition) is 1. The van der Waals surface area contributed by atoms with Crippen LogP contribution in [0.4, 0.5) is 0 Å². The SMILES string of the molecule is CCOC(CCSc1nc(CC(=O)O)cs1)OCC. The summed E-state index contributed by atoms with van der Waals surface area (Å²) in [5, 5.41) is 10.5. The van der Waals surface area contributed by atoms with Crippen LogP contribution in [0.1, 0.15) is 26.0 Å². The Morgan fingerprint density at radius 2 is 2.16 bits per heavy atom. The lowest BCUT2D eigenvalue weighted by molar-refractivity contribution is -0.136. The lowest BCUT2D eigenvalue weighted by Gasteiger charge is -2.15. The third-order valence-corrected chi connectivity index (χ3v) is 4.25. The van der Waals surface area contributed by atoms with Crippen LogP contribution in [-0.2, 0) is 20.7 Å². The van der Waals surface area contributed by atoms with E-state index in [0.29, 0.717) is 18.9 Å². The topological polar surface area (TPSA) is 68.7 Å². The maximum atomic E-state index is 10.5. The van der Waals surface area contributed by atoms with E-state index in [0.717, 1.165) is 16.5 Å². The zero-order chi connectivity index (χ0) is 14.1. The van der Waals surface area contributed by atoms with Gasteiger partial charge in [-0.05, 0) is 13.8 Å². The van der Waals surface area contributed by atoms with Crippen LogP contribution in [0, 0.1) is 0 Å². The van der Waals surface area contributed by atoms with Crippen LogP contribution in [-0.4, -0.2) is 41.3 Å². The van der Waals surface area contributed by atoms with Crippen molar-refractivity contribution in [2.75, 3.05) is 19.0 Å². The van der Waals surface area contributed by atoms with Crippen molar-refractivity contribution in [3.8, 4) is 0 Å². The Hall–Kier alpha value is -0.630. The Morgan fingerprint density at radius 3 is 2.74 bits per heavy atom. The molecule has 0 spiro atoms. The van der Waals surface area contributed by atoms with Gasteiger partial charge in [-0.15, -0.1) is 11.3 Å². The van der Waals surface area contributed by atoms with Crippen LogP contribution in [0.3, 0.4) is 0 Å². The Labute approximate surface area is 121 Å². The molecule has 7 heteroatoms. The molecule has 0 aliphatic heterocycles. The first kappa shape index (κ1) is 16.4.